The number of benzene rings is 1. The molecule has 1 aliphatic carbocycles. The van der Waals surface area contributed by atoms with Crippen molar-refractivity contribution in [2.24, 2.45) is 5.92 Å². The second-order valence-electron chi connectivity index (χ2n) is 7.90. The predicted molar refractivity (Wildman–Crippen MR) is 106 cm³/mol. The molecule has 0 atom stereocenters. The summed E-state index contributed by atoms with van der Waals surface area (Å²) in [5, 5.41) is 5.86. The molecule has 0 aromatic heterocycles. The molecule has 1 saturated carbocycles. The average molecular weight is 360 g/mol. The molecule has 1 aromatic carbocycles. The van der Waals surface area contributed by atoms with Crippen LogP contribution < -0.4 is 10.6 Å². The lowest BCUT2D eigenvalue weighted by Crippen LogP contribution is -2.44. The van der Waals surface area contributed by atoms with Crippen molar-refractivity contribution in [3.05, 3.63) is 29.8 Å². The van der Waals surface area contributed by atoms with Gasteiger partial charge in [-0.3, -0.25) is 14.5 Å². The summed E-state index contributed by atoms with van der Waals surface area (Å²) in [6.07, 6.45) is 4.82. The second-order valence-corrected chi connectivity index (χ2v) is 7.90. The maximum absolute atomic E-state index is 12.6. The molecule has 26 heavy (non-hydrogen) atoms. The molecule has 0 bridgehead atoms. The highest BCUT2D eigenvalue weighted by atomic mass is 16.2. The molecule has 2 N–H and O–H groups in total. The Morgan fingerprint density at radius 1 is 1.12 bits per heavy atom. The van der Waals surface area contributed by atoms with E-state index in [1.807, 2.05) is 12.1 Å². The van der Waals surface area contributed by atoms with Crippen molar-refractivity contribution in [2.45, 2.75) is 65.5 Å². The lowest BCUT2D eigenvalue weighted by atomic mass is 10.1. The molecule has 5 nitrogen and oxygen atoms in total. The van der Waals surface area contributed by atoms with Crippen LogP contribution in [0, 0.1) is 5.92 Å². The van der Waals surface area contributed by atoms with Crippen molar-refractivity contribution in [2.75, 3.05) is 18.4 Å². The molecule has 0 unspecified atom stereocenters. The normalized spacial score (nSPS) is 15.0. The highest BCUT2D eigenvalue weighted by Crippen LogP contribution is 2.25. The Balaban J connectivity index is 2.02. The Bertz CT molecular complexity index is 607. The zero-order valence-corrected chi connectivity index (χ0v) is 16.5. The first kappa shape index (κ1) is 20.4. The van der Waals surface area contributed by atoms with Gasteiger partial charge in [-0.2, -0.15) is 0 Å². The van der Waals surface area contributed by atoms with Gasteiger partial charge in [0.25, 0.3) is 5.91 Å². The van der Waals surface area contributed by atoms with Crippen LogP contribution in [0.15, 0.2) is 24.3 Å². The Morgan fingerprint density at radius 2 is 1.77 bits per heavy atom. The lowest BCUT2D eigenvalue weighted by Gasteiger charge is -2.31. The van der Waals surface area contributed by atoms with Crippen LogP contribution in [0.2, 0.25) is 0 Å². The van der Waals surface area contributed by atoms with E-state index in [2.05, 4.69) is 43.2 Å². The van der Waals surface area contributed by atoms with E-state index in [0.717, 1.165) is 0 Å². The van der Waals surface area contributed by atoms with Crippen molar-refractivity contribution in [3.63, 3.8) is 0 Å². The van der Waals surface area contributed by atoms with Crippen LogP contribution in [0.4, 0.5) is 5.69 Å². The van der Waals surface area contributed by atoms with Crippen molar-refractivity contribution in [3.8, 4) is 0 Å². The third kappa shape index (κ3) is 5.84. The smallest absolute Gasteiger partial charge is 0.253 e. The lowest BCUT2D eigenvalue weighted by molar-refractivity contribution is -0.118. The molecule has 1 fully saturated rings. The molecule has 2 rings (SSSR count). The standard InChI is InChI=1S/C21H33N3O2/c1-15(2)13-22-21(26)18-11-7-8-12-19(18)23-20(25)14-24(16(3)4)17-9-5-6-10-17/h7-8,11-12,15-17H,5-6,9-10,13-14H2,1-4H3,(H,22,26)(H,23,25). The van der Waals surface area contributed by atoms with Gasteiger partial charge in [-0.25, -0.2) is 0 Å². The molecular weight excluding hydrogens is 326 g/mol. The third-order valence-corrected chi connectivity index (χ3v) is 4.90. The topological polar surface area (TPSA) is 61.4 Å². The summed E-state index contributed by atoms with van der Waals surface area (Å²) in [7, 11) is 0. The summed E-state index contributed by atoms with van der Waals surface area (Å²) in [4.78, 5) is 27.3. The number of hydrogen-bond donors (Lipinski definition) is 2. The van der Waals surface area contributed by atoms with Crippen LogP contribution in [0.1, 0.15) is 63.7 Å². The fourth-order valence-electron chi connectivity index (χ4n) is 3.51. The number of anilines is 1. The van der Waals surface area contributed by atoms with Crippen LogP contribution in [-0.4, -0.2) is 41.9 Å². The summed E-state index contributed by atoms with van der Waals surface area (Å²) >= 11 is 0. The van der Waals surface area contributed by atoms with Gasteiger partial charge < -0.3 is 10.6 Å². The Hall–Kier alpha value is -1.88. The Kier molecular flexibility index (Phi) is 7.64. The van der Waals surface area contributed by atoms with Gasteiger partial charge in [-0.05, 0) is 44.7 Å². The minimum atomic E-state index is -0.147. The van der Waals surface area contributed by atoms with Crippen LogP contribution in [-0.2, 0) is 4.79 Å². The van der Waals surface area contributed by atoms with Gasteiger partial charge in [0, 0.05) is 18.6 Å². The van der Waals surface area contributed by atoms with Crippen LogP contribution in [0.3, 0.4) is 0 Å². The molecular formula is C21H33N3O2. The molecule has 0 heterocycles. The molecule has 0 radical (unpaired) electrons. The van der Waals surface area contributed by atoms with Crippen LogP contribution >= 0.6 is 0 Å². The van der Waals surface area contributed by atoms with Crippen molar-refractivity contribution < 1.29 is 9.59 Å². The predicted octanol–water partition coefficient (Wildman–Crippen LogP) is 3.66. The number of hydrogen-bond acceptors (Lipinski definition) is 3. The summed E-state index contributed by atoms with van der Waals surface area (Å²) in [5.74, 6) is 0.174. The van der Waals surface area contributed by atoms with E-state index >= 15 is 0 Å². The number of amides is 2. The van der Waals surface area contributed by atoms with Crippen molar-refractivity contribution >= 4 is 17.5 Å². The molecule has 144 valence electrons. The Labute approximate surface area is 157 Å². The van der Waals surface area contributed by atoms with E-state index in [1.54, 1.807) is 12.1 Å². The van der Waals surface area contributed by atoms with Gasteiger partial charge in [0.2, 0.25) is 5.91 Å². The van der Waals surface area contributed by atoms with Gasteiger partial charge in [0.15, 0.2) is 0 Å². The van der Waals surface area contributed by atoms with Crippen LogP contribution in [0.5, 0.6) is 0 Å². The maximum Gasteiger partial charge on any atom is 0.253 e. The van der Waals surface area contributed by atoms with E-state index in [0.29, 0.717) is 42.3 Å². The highest BCUT2D eigenvalue weighted by Gasteiger charge is 2.26. The molecule has 1 aromatic rings. The zero-order valence-electron chi connectivity index (χ0n) is 16.5. The van der Waals surface area contributed by atoms with Gasteiger partial charge >= 0.3 is 0 Å². The summed E-state index contributed by atoms with van der Waals surface area (Å²) in [5.41, 5.74) is 1.09. The second kappa shape index (κ2) is 9.72. The molecule has 1 aliphatic rings. The summed E-state index contributed by atoms with van der Waals surface area (Å²) in [6, 6.07) is 8.02. The average Bonchev–Trinajstić information content (AvgIpc) is 3.12. The third-order valence-electron chi connectivity index (χ3n) is 4.90. The van der Waals surface area contributed by atoms with E-state index < -0.39 is 0 Å². The summed E-state index contributed by atoms with van der Waals surface area (Å²) in [6.45, 7) is 9.36. The minimum Gasteiger partial charge on any atom is -0.352 e. The number of para-hydroxylation sites is 1. The monoisotopic (exact) mass is 359 g/mol. The largest absolute Gasteiger partial charge is 0.352 e. The van der Waals surface area contributed by atoms with Gasteiger partial charge in [0.05, 0.1) is 17.8 Å². The zero-order chi connectivity index (χ0) is 19.1. The van der Waals surface area contributed by atoms with Crippen molar-refractivity contribution in [1.82, 2.24) is 10.2 Å². The number of rotatable bonds is 8. The number of nitrogens with one attached hydrogen (secondary N) is 2. The molecule has 5 heteroatoms. The first-order valence-electron chi connectivity index (χ1n) is 9.81. The molecule has 0 aliphatic heterocycles. The number of carbonyl (C=O) groups excluding carboxylic acids is 2. The Morgan fingerprint density at radius 3 is 2.38 bits per heavy atom. The van der Waals surface area contributed by atoms with E-state index in [1.165, 1.54) is 25.7 Å². The van der Waals surface area contributed by atoms with Crippen LogP contribution in [0.25, 0.3) is 0 Å². The quantitative estimate of drug-likeness (QED) is 0.744. The number of carbonyl (C=O) groups is 2. The molecule has 0 spiro atoms. The maximum atomic E-state index is 12.6. The minimum absolute atomic E-state index is 0.0605. The van der Waals surface area contributed by atoms with Gasteiger partial charge in [-0.15, -0.1) is 0 Å². The first-order valence-corrected chi connectivity index (χ1v) is 9.81. The first-order chi connectivity index (χ1) is 12.4. The van der Waals surface area contributed by atoms with Crippen molar-refractivity contribution in [1.29, 1.82) is 0 Å². The molecule has 2 amide bonds. The fraction of sp³-hybridized carbons (Fsp3) is 0.619. The van der Waals surface area contributed by atoms with Gasteiger partial charge in [-0.1, -0.05) is 38.8 Å². The SMILES string of the molecule is CC(C)CNC(=O)c1ccccc1NC(=O)CN(C(C)C)C1CCCC1. The highest BCUT2D eigenvalue weighted by molar-refractivity contribution is 6.04. The van der Waals surface area contributed by atoms with Gasteiger partial charge in [0.1, 0.15) is 0 Å². The molecule has 0 saturated heterocycles. The number of nitrogens with zero attached hydrogens (tertiary/aromatic N) is 1. The van der Waals surface area contributed by atoms with E-state index in [9.17, 15) is 9.59 Å². The van der Waals surface area contributed by atoms with E-state index in [-0.39, 0.29) is 11.8 Å². The fourth-order valence-corrected chi connectivity index (χ4v) is 3.51. The van der Waals surface area contributed by atoms with E-state index in [4.69, 9.17) is 0 Å². The summed E-state index contributed by atoms with van der Waals surface area (Å²) < 4.78 is 0.